The lowest BCUT2D eigenvalue weighted by Crippen LogP contribution is -1.98. The molecule has 0 fully saturated rings. The predicted octanol–water partition coefficient (Wildman–Crippen LogP) is 1.08. The first-order chi connectivity index (χ1) is 6.18. The molecule has 0 unspecified atom stereocenters. The van der Waals surface area contributed by atoms with E-state index in [2.05, 4.69) is 10.2 Å². The van der Waals surface area contributed by atoms with Crippen molar-refractivity contribution in [3.63, 3.8) is 0 Å². The highest BCUT2D eigenvalue weighted by Gasteiger charge is 2.08. The molecule has 0 aliphatic heterocycles. The van der Waals surface area contributed by atoms with Crippen molar-refractivity contribution in [3.05, 3.63) is 29.2 Å². The number of halogens is 1. The van der Waals surface area contributed by atoms with Crippen molar-refractivity contribution in [1.29, 1.82) is 0 Å². The zero-order chi connectivity index (χ0) is 9.42. The Morgan fingerprint density at radius 1 is 1.54 bits per heavy atom. The number of carboxylic acid groups (broad SMARTS) is 1. The SMILES string of the molecule is O=C(O)c1cc(Cl)n2cnnc2c1. The summed E-state index contributed by atoms with van der Waals surface area (Å²) in [5, 5.41) is 16.3. The molecule has 5 nitrogen and oxygen atoms in total. The Balaban J connectivity index is 2.77. The lowest BCUT2D eigenvalue weighted by atomic mass is 10.3. The molecule has 2 aromatic heterocycles. The van der Waals surface area contributed by atoms with Gasteiger partial charge < -0.3 is 5.11 Å². The van der Waals surface area contributed by atoms with Gasteiger partial charge in [-0.2, -0.15) is 0 Å². The zero-order valence-corrected chi connectivity index (χ0v) is 7.06. The molecule has 2 rings (SSSR count). The van der Waals surface area contributed by atoms with Gasteiger partial charge in [-0.05, 0) is 12.1 Å². The Labute approximate surface area is 77.6 Å². The smallest absolute Gasteiger partial charge is 0.335 e. The van der Waals surface area contributed by atoms with Crippen LogP contribution < -0.4 is 0 Å². The fourth-order valence-electron chi connectivity index (χ4n) is 1.01. The van der Waals surface area contributed by atoms with Crippen LogP contribution in [0.25, 0.3) is 5.65 Å². The minimum absolute atomic E-state index is 0.102. The van der Waals surface area contributed by atoms with Crippen LogP contribution in [0, 0.1) is 0 Å². The van der Waals surface area contributed by atoms with Gasteiger partial charge in [-0.15, -0.1) is 10.2 Å². The monoisotopic (exact) mass is 197 g/mol. The summed E-state index contributed by atoms with van der Waals surface area (Å²) in [7, 11) is 0. The Hall–Kier alpha value is -1.62. The Kier molecular flexibility index (Phi) is 1.66. The number of aromatic carboxylic acids is 1. The molecule has 66 valence electrons. The second-order valence-electron chi connectivity index (χ2n) is 2.43. The van der Waals surface area contributed by atoms with Gasteiger partial charge in [0, 0.05) is 0 Å². The standard InChI is InChI=1S/C7H4ClN3O2/c8-5-1-4(7(12)13)2-6-10-9-3-11(5)6/h1-3H,(H,12,13). The molecular formula is C7H4ClN3O2. The average Bonchev–Trinajstić information content (AvgIpc) is 2.51. The van der Waals surface area contributed by atoms with Gasteiger partial charge in [-0.3, -0.25) is 4.40 Å². The number of fused-ring (bicyclic) bond motifs is 1. The minimum atomic E-state index is -1.03. The summed E-state index contributed by atoms with van der Waals surface area (Å²) in [6.07, 6.45) is 1.42. The molecule has 0 amide bonds. The van der Waals surface area contributed by atoms with E-state index in [0.29, 0.717) is 5.65 Å². The number of nitrogens with zero attached hydrogens (tertiary/aromatic N) is 3. The van der Waals surface area contributed by atoms with E-state index in [4.69, 9.17) is 16.7 Å². The summed E-state index contributed by atoms with van der Waals surface area (Å²) in [5.41, 5.74) is 0.524. The van der Waals surface area contributed by atoms with E-state index in [-0.39, 0.29) is 10.7 Å². The van der Waals surface area contributed by atoms with Crippen molar-refractivity contribution in [1.82, 2.24) is 14.6 Å². The second kappa shape index (κ2) is 2.70. The minimum Gasteiger partial charge on any atom is -0.478 e. The molecule has 6 heteroatoms. The van der Waals surface area contributed by atoms with E-state index in [1.807, 2.05) is 0 Å². The summed E-state index contributed by atoms with van der Waals surface area (Å²) in [6.45, 7) is 0. The number of hydrogen-bond donors (Lipinski definition) is 1. The molecule has 0 saturated heterocycles. The van der Waals surface area contributed by atoms with Gasteiger partial charge in [-0.25, -0.2) is 4.79 Å². The van der Waals surface area contributed by atoms with Crippen LogP contribution in [0.5, 0.6) is 0 Å². The fourth-order valence-corrected chi connectivity index (χ4v) is 1.26. The number of rotatable bonds is 1. The molecule has 0 atom stereocenters. The number of carbonyl (C=O) groups is 1. The van der Waals surface area contributed by atoms with E-state index < -0.39 is 5.97 Å². The molecule has 0 aliphatic rings. The normalized spacial score (nSPS) is 10.5. The highest BCUT2D eigenvalue weighted by Crippen LogP contribution is 2.14. The molecule has 2 aromatic rings. The maximum atomic E-state index is 10.6. The highest BCUT2D eigenvalue weighted by molar-refractivity contribution is 6.30. The second-order valence-corrected chi connectivity index (χ2v) is 2.82. The van der Waals surface area contributed by atoms with E-state index in [1.54, 1.807) is 0 Å². The summed E-state index contributed by atoms with van der Waals surface area (Å²) >= 11 is 5.77. The first-order valence-corrected chi connectivity index (χ1v) is 3.79. The summed E-state index contributed by atoms with van der Waals surface area (Å²) in [6, 6.07) is 2.75. The topological polar surface area (TPSA) is 67.5 Å². The lowest BCUT2D eigenvalue weighted by Gasteiger charge is -1.98. The van der Waals surface area contributed by atoms with Gasteiger partial charge in [0.05, 0.1) is 5.56 Å². The van der Waals surface area contributed by atoms with Gasteiger partial charge >= 0.3 is 5.97 Å². The van der Waals surface area contributed by atoms with E-state index in [9.17, 15) is 4.79 Å². The van der Waals surface area contributed by atoms with Gasteiger partial charge in [0.2, 0.25) is 0 Å². The molecule has 2 heterocycles. The van der Waals surface area contributed by atoms with Gasteiger partial charge in [0.25, 0.3) is 0 Å². The number of aromatic nitrogens is 3. The number of hydrogen-bond acceptors (Lipinski definition) is 3. The van der Waals surface area contributed by atoms with Crippen LogP contribution in [-0.4, -0.2) is 25.7 Å². The molecule has 1 N–H and O–H groups in total. The summed E-state index contributed by atoms with van der Waals surface area (Å²) in [4.78, 5) is 10.6. The lowest BCUT2D eigenvalue weighted by molar-refractivity contribution is 0.0697. The third kappa shape index (κ3) is 1.23. The van der Waals surface area contributed by atoms with Crippen LogP contribution in [0.2, 0.25) is 5.15 Å². The van der Waals surface area contributed by atoms with Gasteiger partial charge in [0.1, 0.15) is 11.5 Å². The largest absolute Gasteiger partial charge is 0.478 e. The van der Waals surface area contributed by atoms with Crippen molar-refractivity contribution in [2.75, 3.05) is 0 Å². The molecule has 0 bridgehead atoms. The van der Waals surface area contributed by atoms with Crippen molar-refractivity contribution in [3.8, 4) is 0 Å². The van der Waals surface area contributed by atoms with E-state index >= 15 is 0 Å². The molecule has 13 heavy (non-hydrogen) atoms. The summed E-state index contributed by atoms with van der Waals surface area (Å²) in [5.74, 6) is -1.03. The van der Waals surface area contributed by atoms with Crippen molar-refractivity contribution in [2.45, 2.75) is 0 Å². The predicted molar refractivity (Wildman–Crippen MR) is 45.0 cm³/mol. The Morgan fingerprint density at radius 3 is 3.00 bits per heavy atom. The maximum absolute atomic E-state index is 10.6. The van der Waals surface area contributed by atoms with Crippen LogP contribution in [-0.2, 0) is 0 Å². The molecule has 0 radical (unpaired) electrons. The first kappa shape index (κ1) is 8.00. The zero-order valence-electron chi connectivity index (χ0n) is 6.31. The molecule has 0 aliphatic carbocycles. The van der Waals surface area contributed by atoms with Crippen molar-refractivity contribution < 1.29 is 9.90 Å². The van der Waals surface area contributed by atoms with Crippen LogP contribution in [0.4, 0.5) is 0 Å². The van der Waals surface area contributed by atoms with E-state index in [1.165, 1.54) is 22.9 Å². The van der Waals surface area contributed by atoms with Crippen LogP contribution in [0.3, 0.4) is 0 Å². The average molecular weight is 198 g/mol. The van der Waals surface area contributed by atoms with Gasteiger partial charge in [0.15, 0.2) is 5.65 Å². The number of pyridine rings is 1. The number of carboxylic acids is 1. The maximum Gasteiger partial charge on any atom is 0.335 e. The molecular weight excluding hydrogens is 194 g/mol. The first-order valence-electron chi connectivity index (χ1n) is 3.41. The molecule has 0 saturated carbocycles. The van der Waals surface area contributed by atoms with Crippen LogP contribution >= 0.6 is 11.6 Å². The van der Waals surface area contributed by atoms with Crippen molar-refractivity contribution in [2.24, 2.45) is 0 Å². The summed E-state index contributed by atoms with van der Waals surface area (Å²) < 4.78 is 1.49. The molecule has 0 spiro atoms. The fraction of sp³-hybridized carbons (Fsp3) is 0. The van der Waals surface area contributed by atoms with Crippen LogP contribution in [0.15, 0.2) is 18.5 Å². The van der Waals surface area contributed by atoms with Gasteiger partial charge in [-0.1, -0.05) is 11.6 Å². The third-order valence-electron chi connectivity index (χ3n) is 1.61. The molecule has 0 aromatic carbocycles. The van der Waals surface area contributed by atoms with E-state index in [0.717, 1.165) is 0 Å². The van der Waals surface area contributed by atoms with Crippen LogP contribution in [0.1, 0.15) is 10.4 Å². The van der Waals surface area contributed by atoms with Crippen molar-refractivity contribution >= 4 is 23.2 Å². The third-order valence-corrected chi connectivity index (χ3v) is 1.90. The quantitative estimate of drug-likeness (QED) is 0.695. The highest BCUT2D eigenvalue weighted by atomic mass is 35.5. The Morgan fingerprint density at radius 2 is 2.31 bits per heavy atom. The Bertz CT molecular complexity index is 480.